The van der Waals surface area contributed by atoms with Gasteiger partial charge in [-0.3, -0.25) is 9.78 Å². The SMILES string of the molecule is C[C@@H](NC(=O)CCl)c1ccccn1. The van der Waals surface area contributed by atoms with Crippen LogP contribution in [0, 0.1) is 0 Å². The molecule has 13 heavy (non-hydrogen) atoms. The van der Waals surface area contributed by atoms with Gasteiger partial charge in [0.2, 0.25) is 5.91 Å². The van der Waals surface area contributed by atoms with Crippen molar-refractivity contribution >= 4 is 17.5 Å². The summed E-state index contributed by atoms with van der Waals surface area (Å²) >= 11 is 5.35. The minimum atomic E-state index is -0.181. The zero-order valence-corrected chi connectivity index (χ0v) is 8.08. The fourth-order valence-corrected chi connectivity index (χ4v) is 1.06. The minimum absolute atomic E-state index is 0.0167. The largest absolute Gasteiger partial charge is 0.347 e. The Labute approximate surface area is 82.1 Å². The molecule has 0 spiro atoms. The molecule has 0 saturated carbocycles. The van der Waals surface area contributed by atoms with Gasteiger partial charge >= 0.3 is 0 Å². The molecule has 1 aromatic heterocycles. The van der Waals surface area contributed by atoms with Crippen molar-refractivity contribution in [1.82, 2.24) is 10.3 Å². The van der Waals surface area contributed by atoms with Crippen LogP contribution in [0.5, 0.6) is 0 Å². The maximum absolute atomic E-state index is 10.9. The molecule has 0 aliphatic heterocycles. The van der Waals surface area contributed by atoms with Crippen LogP contribution in [0.25, 0.3) is 0 Å². The zero-order valence-electron chi connectivity index (χ0n) is 7.33. The molecule has 0 aliphatic carbocycles. The average Bonchev–Trinajstić information content (AvgIpc) is 2.19. The van der Waals surface area contributed by atoms with Gasteiger partial charge in [0, 0.05) is 6.20 Å². The number of carbonyl (C=O) groups excluding carboxylic acids is 1. The molecule has 0 aromatic carbocycles. The number of hydrogen-bond donors (Lipinski definition) is 1. The van der Waals surface area contributed by atoms with Crippen LogP contribution in [-0.4, -0.2) is 16.8 Å². The lowest BCUT2D eigenvalue weighted by Gasteiger charge is -2.11. The van der Waals surface area contributed by atoms with E-state index in [-0.39, 0.29) is 17.8 Å². The third-order valence-electron chi connectivity index (χ3n) is 1.63. The van der Waals surface area contributed by atoms with E-state index >= 15 is 0 Å². The predicted molar refractivity (Wildman–Crippen MR) is 51.5 cm³/mol. The lowest BCUT2D eigenvalue weighted by Crippen LogP contribution is -2.27. The molecular weight excluding hydrogens is 188 g/mol. The summed E-state index contributed by atoms with van der Waals surface area (Å²) in [6.45, 7) is 1.87. The standard InChI is InChI=1S/C9H11ClN2O/c1-7(12-9(13)6-10)8-4-2-3-5-11-8/h2-5,7H,6H2,1H3,(H,12,13)/t7-/m1/s1. The minimum Gasteiger partial charge on any atom is -0.347 e. The Morgan fingerprint density at radius 3 is 3.00 bits per heavy atom. The number of aromatic nitrogens is 1. The summed E-state index contributed by atoms with van der Waals surface area (Å²) in [6, 6.07) is 5.48. The quantitative estimate of drug-likeness (QED) is 0.748. The van der Waals surface area contributed by atoms with Crippen LogP contribution in [0.3, 0.4) is 0 Å². The molecule has 1 N–H and O–H groups in total. The van der Waals surface area contributed by atoms with Gasteiger partial charge in [0.1, 0.15) is 5.88 Å². The number of amides is 1. The smallest absolute Gasteiger partial charge is 0.235 e. The molecular formula is C9H11ClN2O. The average molecular weight is 199 g/mol. The van der Waals surface area contributed by atoms with Gasteiger partial charge in [0.05, 0.1) is 11.7 Å². The summed E-state index contributed by atoms with van der Waals surface area (Å²) < 4.78 is 0. The lowest BCUT2D eigenvalue weighted by atomic mass is 10.2. The van der Waals surface area contributed by atoms with Crippen molar-refractivity contribution in [3.63, 3.8) is 0 Å². The Balaban J connectivity index is 2.59. The highest BCUT2D eigenvalue weighted by atomic mass is 35.5. The Morgan fingerprint density at radius 2 is 2.46 bits per heavy atom. The van der Waals surface area contributed by atoms with Crippen molar-refractivity contribution in [3.8, 4) is 0 Å². The van der Waals surface area contributed by atoms with E-state index in [0.29, 0.717) is 0 Å². The van der Waals surface area contributed by atoms with E-state index in [1.807, 2.05) is 25.1 Å². The first-order valence-electron chi connectivity index (χ1n) is 4.00. The molecule has 0 saturated heterocycles. The second-order valence-electron chi connectivity index (χ2n) is 2.68. The predicted octanol–water partition coefficient (Wildman–Crippen LogP) is 1.50. The van der Waals surface area contributed by atoms with E-state index in [1.54, 1.807) is 6.20 Å². The van der Waals surface area contributed by atoms with E-state index in [0.717, 1.165) is 5.69 Å². The van der Waals surface area contributed by atoms with E-state index in [2.05, 4.69) is 10.3 Å². The third-order valence-corrected chi connectivity index (χ3v) is 1.87. The van der Waals surface area contributed by atoms with Crippen LogP contribution in [0.1, 0.15) is 18.7 Å². The number of nitrogens with zero attached hydrogens (tertiary/aromatic N) is 1. The first-order chi connectivity index (χ1) is 6.24. The van der Waals surface area contributed by atoms with Crippen LogP contribution in [0.15, 0.2) is 24.4 Å². The lowest BCUT2D eigenvalue weighted by molar-refractivity contribution is -0.119. The van der Waals surface area contributed by atoms with Crippen LogP contribution < -0.4 is 5.32 Å². The monoisotopic (exact) mass is 198 g/mol. The van der Waals surface area contributed by atoms with Crippen molar-refractivity contribution < 1.29 is 4.79 Å². The number of alkyl halides is 1. The number of rotatable bonds is 3. The number of nitrogens with one attached hydrogen (secondary N) is 1. The first-order valence-corrected chi connectivity index (χ1v) is 4.53. The number of hydrogen-bond acceptors (Lipinski definition) is 2. The summed E-state index contributed by atoms with van der Waals surface area (Å²) in [4.78, 5) is 15.0. The second-order valence-corrected chi connectivity index (χ2v) is 2.94. The Hall–Kier alpha value is -1.09. The van der Waals surface area contributed by atoms with E-state index in [4.69, 9.17) is 11.6 Å². The maximum Gasteiger partial charge on any atom is 0.235 e. The molecule has 1 atom stereocenters. The van der Waals surface area contributed by atoms with Crippen molar-refractivity contribution in [3.05, 3.63) is 30.1 Å². The number of carbonyl (C=O) groups is 1. The Kier molecular flexibility index (Phi) is 3.71. The fourth-order valence-electron chi connectivity index (χ4n) is 0.986. The molecule has 70 valence electrons. The molecule has 4 heteroatoms. The summed E-state index contributed by atoms with van der Waals surface area (Å²) in [7, 11) is 0. The van der Waals surface area contributed by atoms with Gasteiger partial charge < -0.3 is 5.32 Å². The van der Waals surface area contributed by atoms with Crippen LogP contribution in [0.2, 0.25) is 0 Å². The van der Waals surface area contributed by atoms with Crippen molar-refractivity contribution in [1.29, 1.82) is 0 Å². The topological polar surface area (TPSA) is 42.0 Å². The fraction of sp³-hybridized carbons (Fsp3) is 0.333. The van der Waals surface area contributed by atoms with Crippen LogP contribution >= 0.6 is 11.6 Å². The van der Waals surface area contributed by atoms with Gasteiger partial charge in [-0.25, -0.2) is 0 Å². The molecule has 0 radical (unpaired) electrons. The van der Waals surface area contributed by atoms with E-state index in [1.165, 1.54) is 0 Å². The molecule has 0 unspecified atom stereocenters. The molecule has 0 bridgehead atoms. The first kappa shape index (κ1) is 9.99. The molecule has 1 rings (SSSR count). The summed E-state index contributed by atoms with van der Waals surface area (Å²) in [6.07, 6.45) is 1.69. The summed E-state index contributed by atoms with van der Waals surface area (Å²) in [5.41, 5.74) is 0.834. The number of pyridine rings is 1. The summed E-state index contributed by atoms with van der Waals surface area (Å²) in [5, 5.41) is 2.71. The van der Waals surface area contributed by atoms with E-state index in [9.17, 15) is 4.79 Å². The maximum atomic E-state index is 10.9. The summed E-state index contributed by atoms with van der Waals surface area (Å²) in [5.74, 6) is -0.197. The highest BCUT2D eigenvalue weighted by Crippen LogP contribution is 2.07. The normalized spacial score (nSPS) is 12.2. The van der Waals surface area contributed by atoms with Crippen molar-refractivity contribution in [2.75, 3.05) is 5.88 Å². The molecule has 1 amide bonds. The molecule has 0 fully saturated rings. The zero-order chi connectivity index (χ0) is 9.68. The molecule has 1 aromatic rings. The Bertz CT molecular complexity index is 276. The van der Waals surface area contributed by atoms with E-state index < -0.39 is 0 Å². The molecule has 1 heterocycles. The highest BCUT2D eigenvalue weighted by molar-refractivity contribution is 6.27. The van der Waals surface area contributed by atoms with Gasteiger partial charge in [-0.05, 0) is 19.1 Å². The second kappa shape index (κ2) is 4.82. The highest BCUT2D eigenvalue weighted by Gasteiger charge is 2.08. The van der Waals surface area contributed by atoms with Gasteiger partial charge in [-0.1, -0.05) is 6.07 Å². The van der Waals surface area contributed by atoms with Crippen molar-refractivity contribution in [2.45, 2.75) is 13.0 Å². The van der Waals surface area contributed by atoms with Gasteiger partial charge in [-0.2, -0.15) is 0 Å². The number of halogens is 1. The molecule has 3 nitrogen and oxygen atoms in total. The Morgan fingerprint density at radius 1 is 1.69 bits per heavy atom. The van der Waals surface area contributed by atoms with Gasteiger partial charge in [0.15, 0.2) is 0 Å². The van der Waals surface area contributed by atoms with Crippen LogP contribution in [0.4, 0.5) is 0 Å². The van der Waals surface area contributed by atoms with Gasteiger partial charge in [0.25, 0.3) is 0 Å². The van der Waals surface area contributed by atoms with Crippen LogP contribution in [-0.2, 0) is 4.79 Å². The van der Waals surface area contributed by atoms with Crippen molar-refractivity contribution in [2.24, 2.45) is 0 Å². The third kappa shape index (κ3) is 3.03. The van der Waals surface area contributed by atoms with Gasteiger partial charge in [-0.15, -0.1) is 11.6 Å². The molecule has 0 aliphatic rings.